The maximum absolute atomic E-state index is 9.03. The summed E-state index contributed by atoms with van der Waals surface area (Å²) >= 11 is 1.48. The molecule has 1 aromatic heterocycles. The molecule has 0 saturated carbocycles. The Kier molecular flexibility index (Phi) is 2.27. The zero-order valence-corrected chi connectivity index (χ0v) is 7.79. The van der Waals surface area contributed by atoms with Crippen molar-refractivity contribution >= 4 is 11.3 Å². The van der Waals surface area contributed by atoms with Gasteiger partial charge in [0.1, 0.15) is 5.01 Å². The van der Waals surface area contributed by atoms with Crippen molar-refractivity contribution in [2.24, 2.45) is 0 Å². The summed E-state index contributed by atoms with van der Waals surface area (Å²) in [6.07, 6.45) is 0.798. The van der Waals surface area contributed by atoms with Crippen LogP contribution in [0.3, 0.4) is 0 Å². The van der Waals surface area contributed by atoms with Crippen molar-refractivity contribution < 1.29 is 5.11 Å². The van der Waals surface area contributed by atoms with Crippen LogP contribution in [-0.4, -0.2) is 10.1 Å². The molecule has 1 heterocycles. The lowest BCUT2D eigenvalue weighted by Gasteiger charge is -1.95. The summed E-state index contributed by atoms with van der Waals surface area (Å²) in [5.74, 6) is 0.121. The first-order valence-electron chi connectivity index (χ1n) is 4.02. The van der Waals surface area contributed by atoms with Crippen molar-refractivity contribution in [3.8, 4) is 5.88 Å². The Hall–Kier alpha value is -1.35. The van der Waals surface area contributed by atoms with Gasteiger partial charge in [0.25, 0.3) is 0 Å². The topological polar surface area (TPSA) is 33.1 Å². The van der Waals surface area contributed by atoms with Crippen LogP contribution in [0.15, 0.2) is 35.7 Å². The van der Waals surface area contributed by atoms with E-state index in [0.717, 1.165) is 11.4 Å². The van der Waals surface area contributed by atoms with E-state index in [4.69, 9.17) is 5.11 Å². The fraction of sp³-hybridized carbons (Fsp3) is 0.100. The van der Waals surface area contributed by atoms with Gasteiger partial charge in [-0.25, -0.2) is 4.98 Å². The van der Waals surface area contributed by atoms with Crippen molar-refractivity contribution in [2.45, 2.75) is 6.42 Å². The van der Waals surface area contributed by atoms with Gasteiger partial charge in [-0.2, -0.15) is 0 Å². The van der Waals surface area contributed by atoms with Gasteiger partial charge in [0.05, 0.1) is 5.38 Å². The summed E-state index contributed by atoms with van der Waals surface area (Å²) in [6, 6.07) is 10.1. The molecule has 2 aromatic rings. The smallest absolute Gasteiger partial charge is 0.222 e. The number of thiazole rings is 1. The van der Waals surface area contributed by atoms with E-state index in [-0.39, 0.29) is 5.88 Å². The molecule has 3 heteroatoms. The minimum absolute atomic E-state index is 0.121. The third kappa shape index (κ3) is 2.06. The molecule has 66 valence electrons. The Morgan fingerprint density at radius 1 is 1.23 bits per heavy atom. The van der Waals surface area contributed by atoms with E-state index in [1.165, 1.54) is 16.9 Å². The van der Waals surface area contributed by atoms with Gasteiger partial charge < -0.3 is 5.11 Å². The van der Waals surface area contributed by atoms with Crippen LogP contribution in [0, 0.1) is 0 Å². The third-order valence-corrected chi connectivity index (χ3v) is 2.57. The van der Waals surface area contributed by atoms with Gasteiger partial charge in [0.15, 0.2) is 0 Å². The Balaban J connectivity index is 2.15. The first-order chi connectivity index (χ1) is 6.34. The lowest BCUT2D eigenvalue weighted by molar-refractivity contribution is 0.456. The van der Waals surface area contributed by atoms with E-state index in [2.05, 4.69) is 17.1 Å². The molecular formula is C10H9NOS. The fourth-order valence-electron chi connectivity index (χ4n) is 1.15. The Bertz CT molecular complexity index is 383. The highest BCUT2D eigenvalue weighted by atomic mass is 32.1. The van der Waals surface area contributed by atoms with Gasteiger partial charge in [-0.15, -0.1) is 11.3 Å². The maximum atomic E-state index is 9.03. The molecule has 0 aliphatic carbocycles. The summed E-state index contributed by atoms with van der Waals surface area (Å²) < 4.78 is 0. The van der Waals surface area contributed by atoms with Gasteiger partial charge in [0, 0.05) is 6.42 Å². The Morgan fingerprint density at radius 2 is 2.00 bits per heavy atom. The highest BCUT2D eigenvalue weighted by molar-refractivity contribution is 7.09. The highest BCUT2D eigenvalue weighted by Crippen LogP contribution is 2.17. The molecular weight excluding hydrogens is 182 g/mol. The van der Waals surface area contributed by atoms with Crippen molar-refractivity contribution in [3.63, 3.8) is 0 Å². The molecule has 1 N–H and O–H groups in total. The lowest BCUT2D eigenvalue weighted by atomic mass is 10.2. The predicted molar refractivity (Wildman–Crippen MR) is 53.0 cm³/mol. The van der Waals surface area contributed by atoms with Gasteiger partial charge in [-0.3, -0.25) is 0 Å². The van der Waals surface area contributed by atoms with Crippen LogP contribution in [-0.2, 0) is 6.42 Å². The van der Waals surface area contributed by atoms with E-state index < -0.39 is 0 Å². The zero-order valence-electron chi connectivity index (χ0n) is 6.97. The zero-order chi connectivity index (χ0) is 9.10. The van der Waals surface area contributed by atoms with Gasteiger partial charge in [-0.1, -0.05) is 30.3 Å². The number of hydrogen-bond acceptors (Lipinski definition) is 3. The number of hydrogen-bond donors (Lipinski definition) is 1. The number of aromatic hydroxyl groups is 1. The van der Waals surface area contributed by atoms with Gasteiger partial charge >= 0.3 is 0 Å². The third-order valence-electron chi connectivity index (χ3n) is 1.74. The average Bonchev–Trinajstić information content (AvgIpc) is 2.53. The summed E-state index contributed by atoms with van der Waals surface area (Å²) in [7, 11) is 0. The molecule has 2 nitrogen and oxygen atoms in total. The van der Waals surface area contributed by atoms with E-state index in [1.54, 1.807) is 5.38 Å². The van der Waals surface area contributed by atoms with Crippen molar-refractivity contribution in [3.05, 3.63) is 46.3 Å². The van der Waals surface area contributed by atoms with Crippen LogP contribution in [0.4, 0.5) is 0 Å². The monoisotopic (exact) mass is 191 g/mol. The van der Waals surface area contributed by atoms with Gasteiger partial charge in [-0.05, 0) is 5.56 Å². The van der Waals surface area contributed by atoms with E-state index in [9.17, 15) is 0 Å². The summed E-state index contributed by atoms with van der Waals surface area (Å²) in [4.78, 5) is 3.98. The summed E-state index contributed by atoms with van der Waals surface area (Å²) in [5, 5.41) is 11.6. The van der Waals surface area contributed by atoms with Gasteiger partial charge in [0.2, 0.25) is 5.88 Å². The summed E-state index contributed by atoms with van der Waals surface area (Å²) in [5.41, 5.74) is 1.22. The molecule has 2 rings (SSSR count). The molecule has 0 bridgehead atoms. The second kappa shape index (κ2) is 3.58. The summed E-state index contributed by atoms with van der Waals surface area (Å²) in [6.45, 7) is 0. The molecule has 1 aromatic carbocycles. The second-order valence-corrected chi connectivity index (χ2v) is 3.70. The van der Waals surface area contributed by atoms with Crippen molar-refractivity contribution in [2.75, 3.05) is 0 Å². The molecule has 0 saturated heterocycles. The SMILES string of the molecule is Oc1csc(Cc2ccccc2)n1. The highest BCUT2D eigenvalue weighted by Gasteiger charge is 2.00. The normalized spacial score (nSPS) is 10.2. The number of aromatic nitrogens is 1. The van der Waals surface area contributed by atoms with E-state index in [1.807, 2.05) is 18.2 Å². The molecule has 0 aliphatic heterocycles. The molecule has 0 fully saturated rings. The van der Waals surface area contributed by atoms with Crippen LogP contribution < -0.4 is 0 Å². The first kappa shape index (κ1) is 8.26. The standard InChI is InChI=1S/C10H9NOS/c12-9-7-13-10(11-9)6-8-4-2-1-3-5-8/h1-5,7,12H,6H2. The van der Waals surface area contributed by atoms with Crippen LogP contribution in [0.5, 0.6) is 5.88 Å². The Labute approximate surface area is 80.5 Å². The maximum Gasteiger partial charge on any atom is 0.222 e. The number of rotatable bonds is 2. The molecule has 0 amide bonds. The van der Waals surface area contributed by atoms with E-state index in [0.29, 0.717) is 0 Å². The first-order valence-corrected chi connectivity index (χ1v) is 4.90. The molecule has 0 spiro atoms. The van der Waals surface area contributed by atoms with Crippen LogP contribution in [0.1, 0.15) is 10.6 Å². The van der Waals surface area contributed by atoms with Crippen LogP contribution in [0.2, 0.25) is 0 Å². The average molecular weight is 191 g/mol. The largest absolute Gasteiger partial charge is 0.493 e. The number of benzene rings is 1. The molecule has 0 radical (unpaired) electrons. The predicted octanol–water partition coefficient (Wildman–Crippen LogP) is 2.44. The fourth-order valence-corrected chi connectivity index (χ4v) is 1.84. The van der Waals surface area contributed by atoms with Crippen molar-refractivity contribution in [1.29, 1.82) is 0 Å². The van der Waals surface area contributed by atoms with E-state index >= 15 is 0 Å². The van der Waals surface area contributed by atoms with Crippen molar-refractivity contribution in [1.82, 2.24) is 4.98 Å². The molecule has 13 heavy (non-hydrogen) atoms. The molecule has 0 aliphatic rings. The Morgan fingerprint density at radius 3 is 2.62 bits per heavy atom. The molecule has 0 atom stereocenters. The second-order valence-electron chi connectivity index (χ2n) is 2.76. The van der Waals surface area contributed by atoms with Crippen LogP contribution in [0.25, 0.3) is 0 Å². The quantitative estimate of drug-likeness (QED) is 0.790. The minimum atomic E-state index is 0.121. The van der Waals surface area contributed by atoms with Crippen LogP contribution >= 0.6 is 11.3 Å². The minimum Gasteiger partial charge on any atom is -0.493 e. The molecule has 0 unspecified atom stereocenters. The number of nitrogens with zero attached hydrogens (tertiary/aromatic N) is 1. The lowest BCUT2D eigenvalue weighted by Crippen LogP contribution is -1.85.